The Morgan fingerprint density at radius 1 is 1.47 bits per heavy atom. The van der Waals surface area contributed by atoms with Gasteiger partial charge in [-0.3, -0.25) is 5.10 Å². The number of anilines is 1. The van der Waals surface area contributed by atoms with Crippen molar-refractivity contribution in [1.82, 2.24) is 20.2 Å². The van der Waals surface area contributed by atoms with E-state index in [0.717, 1.165) is 0 Å². The summed E-state index contributed by atoms with van der Waals surface area (Å²) < 4.78 is 0. The third-order valence-electron chi connectivity index (χ3n) is 2.16. The zero-order chi connectivity index (χ0) is 12.3. The molecule has 2 rings (SSSR count). The largest absolute Gasteiger partial charge is 0.372 e. The molecule has 0 spiro atoms. The predicted molar refractivity (Wildman–Crippen MR) is 59.3 cm³/mol. The van der Waals surface area contributed by atoms with Crippen LogP contribution in [0.5, 0.6) is 0 Å². The molecule has 0 aliphatic carbocycles. The molecule has 8 heteroatoms. The van der Waals surface area contributed by atoms with Crippen molar-refractivity contribution >= 4 is 11.5 Å². The van der Waals surface area contributed by atoms with Crippen molar-refractivity contribution in [2.24, 2.45) is 0 Å². The third-order valence-corrected chi connectivity index (χ3v) is 2.16. The van der Waals surface area contributed by atoms with Crippen LogP contribution in [0, 0.1) is 10.1 Å². The van der Waals surface area contributed by atoms with Crippen LogP contribution in [0.1, 0.15) is 18.8 Å². The van der Waals surface area contributed by atoms with Gasteiger partial charge < -0.3 is 15.4 Å². The van der Waals surface area contributed by atoms with Crippen LogP contribution in [-0.4, -0.2) is 25.1 Å². The van der Waals surface area contributed by atoms with E-state index in [2.05, 4.69) is 25.5 Å². The molecule has 0 aromatic carbocycles. The highest BCUT2D eigenvalue weighted by Crippen LogP contribution is 2.16. The Morgan fingerprint density at radius 3 is 2.82 bits per heavy atom. The molecule has 2 heterocycles. The monoisotopic (exact) mass is 234 g/mol. The van der Waals surface area contributed by atoms with Gasteiger partial charge in [-0.1, -0.05) is 0 Å². The van der Waals surface area contributed by atoms with Crippen LogP contribution in [0.4, 0.5) is 11.5 Å². The van der Waals surface area contributed by atoms with Crippen molar-refractivity contribution < 1.29 is 4.92 Å². The Morgan fingerprint density at radius 2 is 2.29 bits per heavy atom. The summed E-state index contributed by atoms with van der Waals surface area (Å²) >= 11 is 0. The predicted octanol–water partition coefficient (Wildman–Crippen LogP) is 1.28. The Bertz CT molecular complexity index is 495. The van der Waals surface area contributed by atoms with Crippen LogP contribution in [0.2, 0.25) is 0 Å². The summed E-state index contributed by atoms with van der Waals surface area (Å²) in [6.07, 6.45) is 2.83. The summed E-state index contributed by atoms with van der Waals surface area (Å²) in [6, 6.07) is 2.86. The third kappa shape index (κ3) is 2.54. The fraction of sp³-hybridized carbons (Fsp3) is 0.222. The van der Waals surface area contributed by atoms with Crippen LogP contribution in [0.25, 0.3) is 0 Å². The van der Waals surface area contributed by atoms with Gasteiger partial charge in [0, 0.05) is 6.07 Å². The Kier molecular flexibility index (Phi) is 2.95. The van der Waals surface area contributed by atoms with Gasteiger partial charge in [-0.25, -0.2) is 4.98 Å². The van der Waals surface area contributed by atoms with E-state index in [1.807, 2.05) is 6.92 Å². The average Bonchev–Trinajstić information content (AvgIpc) is 2.83. The fourth-order valence-electron chi connectivity index (χ4n) is 1.32. The molecule has 88 valence electrons. The van der Waals surface area contributed by atoms with Gasteiger partial charge in [-0.15, -0.1) is 0 Å². The number of rotatable bonds is 4. The highest BCUT2D eigenvalue weighted by atomic mass is 16.6. The molecule has 0 bridgehead atoms. The molecule has 2 aromatic heterocycles. The zero-order valence-electron chi connectivity index (χ0n) is 8.99. The van der Waals surface area contributed by atoms with Crippen LogP contribution in [0.15, 0.2) is 24.7 Å². The maximum atomic E-state index is 10.4. The van der Waals surface area contributed by atoms with Crippen molar-refractivity contribution in [3.8, 4) is 0 Å². The molecule has 0 saturated carbocycles. The zero-order valence-corrected chi connectivity index (χ0v) is 8.99. The first kappa shape index (κ1) is 11.0. The summed E-state index contributed by atoms with van der Waals surface area (Å²) in [5, 5.41) is 20.0. The lowest BCUT2D eigenvalue weighted by atomic mass is 10.3. The van der Waals surface area contributed by atoms with Crippen molar-refractivity contribution in [3.05, 3.63) is 40.6 Å². The molecule has 0 aliphatic rings. The number of aromatic nitrogens is 4. The number of H-pyrrole nitrogens is 1. The van der Waals surface area contributed by atoms with E-state index in [1.165, 1.54) is 18.6 Å². The normalized spacial score (nSPS) is 12.1. The van der Waals surface area contributed by atoms with E-state index in [1.54, 1.807) is 6.07 Å². The van der Waals surface area contributed by atoms with Crippen LogP contribution >= 0.6 is 0 Å². The summed E-state index contributed by atoms with van der Waals surface area (Å²) in [4.78, 5) is 17.6. The van der Waals surface area contributed by atoms with E-state index >= 15 is 0 Å². The second kappa shape index (κ2) is 4.56. The molecular formula is C9H10N6O2. The minimum atomic E-state index is -0.538. The van der Waals surface area contributed by atoms with Gasteiger partial charge in [0.15, 0.2) is 6.20 Å². The van der Waals surface area contributed by atoms with Crippen molar-refractivity contribution in [2.45, 2.75) is 13.0 Å². The quantitative estimate of drug-likeness (QED) is 0.609. The van der Waals surface area contributed by atoms with E-state index in [-0.39, 0.29) is 11.9 Å². The summed E-state index contributed by atoms with van der Waals surface area (Å²) in [5.41, 5.74) is 0.680. The second-order valence-electron chi connectivity index (χ2n) is 3.40. The number of nitrogens with one attached hydrogen (secondary N) is 2. The number of aromatic amines is 1. The Labute approximate surface area is 96.3 Å². The first-order chi connectivity index (χ1) is 8.16. The summed E-state index contributed by atoms with van der Waals surface area (Å²) in [7, 11) is 0. The molecular weight excluding hydrogens is 224 g/mol. The number of hydrogen-bond donors (Lipinski definition) is 2. The highest BCUT2D eigenvalue weighted by Gasteiger charge is 2.10. The van der Waals surface area contributed by atoms with E-state index in [9.17, 15) is 10.1 Å². The molecule has 0 saturated heterocycles. The number of nitrogens with zero attached hydrogens (tertiary/aromatic N) is 4. The first-order valence-corrected chi connectivity index (χ1v) is 4.89. The molecule has 2 N–H and O–H groups in total. The molecule has 2 aromatic rings. The molecule has 8 nitrogen and oxygen atoms in total. The van der Waals surface area contributed by atoms with E-state index < -0.39 is 4.92 Å². The molecule has 17 heavy (non-hydrogen) atoms. The minimum Gasteiger partial charge on any atom is -0.372 e. The maximum absolute atomic E-state index is 10.4. The Hall–Kier alpha value is -2.51. The van der Waals surface area contributed by atoms with Gasteiger partial charge in [0.2, 0.25) is 0 Å². The van der Waals surface area contributed by atoms with Gasteiger partial charge in [-0.2, -0.15) is 5.10 Å². The van der Waals surface area contributed by atoms with E-state index in [0.29, 0.717) is 11.5 Å². The van der Waals surface area contributed by atoms with Gasteiger partial charge >= 0.3 is 5.82 Å². The van der Waals surface area contributed by atoms with Crippen molar-refractivity contribution in [3.63, 3.8) is 0 Å². The Balaban J connectivity index is 2.06. The first-order valence-electron chi connectivity index (χ1n) is 4.89. The molecule has 0 fully saturated rings. The van der Waals surface area contributed by atoms with Crippen molar-refractivity contribution in [1.29, 1.82) is 0 Å². The maximum Gasteiger partial charge on any atom is 0.363 e. The van der Waals surface area contributed by atoms with Gasteiger partial charge in [0.1, 0.15) is 12.2 Å². The minimum absolute atomic E-state index is 0.0826. The van der Waals surface area contributed by atoms with Crippen LogP contribution < -0.4 is 5.32 Å². The molecule has 1 atom stereocenters. The smallest absolute Gasteiger partial charge is 0.363 e. The average molecular weight is 234 g/mol. The number of hydrogen-bond acceptors (Lipinski definition) is 6. The molecule has 0 radical (unpaired) electrons. The SMILES string of the molecule is CC(Nc1ccc([N+](=O)[O-])nc1)c1ncn[nH]1. The molecule has 0 aliphatic heterocycles. The molecule has 0 amide bonds. The molecule has 1 unspecified atom stereocenters. The van der Waals surface area contributed by atoms with Crippen molar-refractivity contribution in [2.75, 3.05) is 5.32 Å². The lowest BCUT2D eigenvalue weighted by Gasteiger charge is -2.10. The summed E-state index contributed by atoms with van der Waals surface area (Å²) in [5.74, 6) is 0.506. The van der Waals surface area contributed by atoms with Gasteiger partial charge in [-0.05, 0) is 22.9 Å². The van der Waals surface area contributed by atoms with E-state index in [4.69, 9.17) is 0 Å². The lowest BCUT2D eigenvalue weighted by Crippen LogP contribution is -2.08. The number of pyridine rings is 1. The lowest BCUT2D eigenvalue weighted by molar-refractivity contribution is -0.389. The fourth-order valence-corrected chi connectivity index (χ4v) is 1.32. The van der Waals surface area contributed by atoms with Crippen LogP contribution in [0.3, 0.4) is 0 Å². The topological polar surface area (TPSA) is 110 Å². The highest BCUT2D eigenvalue weighted by molar-refractivity contribution is 5.44. The number of nitro groups is 1. The van der Waals surface area contributed by atoms with Gasteiger partial charge in [0.25, 0.3) is 0 Å². The second-order valence-corrected chi connectivity index (χ2v) is 3.40. The standard InChI is InChI=1S/C9H10N6O2/c1-6(9-11-5-12-14-9)13-7-2-3-8(10-4-7)15(16)17/h2-6,13H,1H3,(H,11,12,14). The summed E-state index contributed by atoms with van der Waals surface area (Å²) in [6.45, 7) is 1.89. The van der Waals surface area contributed by atoms with Gasteiger partial charge in [0.05, 0.1) is 11.7 Å². The van der Waals surface area contributed by atoms with Crippen LogP contribution in [-0.2, 0) is 0 Å².